The van der Waals surface area contributed by atoms with Crippen LogP contribution in [-0.4, -0.2) is 5.97 Å². The van der Waals surface area contributed by atoms with Crippen LogP contribution in [0, 0.1) is 5.92 Å². The van der Waals surface area contributed by atoms with E-state index in [1.807, 2.05) is 24.3 Å². The summed E-state index contributed by atoms with van der Waals surface area (Å²) >= 11 is 0. The maximum Gasteiger partial charge on any atom is 0.338 e. The lowest BCUT2D eigenvalue weighted by molar-refractivity contribution is -0.130. The fraction of sp³-hybridized carbons (Fsp3) is 0.357. The van der Waals surface area contributed by atoms with Gasteiger partial charge in [-0.15, -0.1) is 0 Å². The Balaban J connectivity index is 2.56. The molecule has 0 aliphatic heterocycles. The van der Waals surface area contributed by atoms with Gasteiger partial charge in [0, 0.05) is 5.57 Å². The molecule has 0 radical (unpaired) electrons. The number of benzene rings is 1. The van der Waals surface area contributed by atoms with E-state index in [-0.39, 0.29) is 5.97 Å². The Morgan fingerprint density at radius 3 is 2.50 bits per heavy atom. The minimum atomic E-state index is -0.271. The normalized spacial score (nSPS) is 11.6. The van der Waals surface area contributed by atoms with Crippen LogP contribution in [-0.2, 0) is 4.79 Å². The van der Waals surface area contributed by atoms with Gasteiger partial charge in [-0.3, -0.25) is 0 Å². The SMILES string of the molecule is CC(=CCC(C)C)C(=O)Oc1ccccc1. The molecule has 2 heteroatoms. The zero-order valence-electron chi connectivity index (χ0n) is 10.1. The van der Waals surface area contributed by atoms with Crippen LogP contribution in [0.15, 0.2) is 42.0 Å². The molecule has 0 bridgehead atoms. The van der Waals surface area contributed by atoms with Crippen LogP contribution < -0.4 is 4.74 Å². The first-order chi connectivity index (χ1) is 7.59. The molecule has 0 amide bonds. The maximum absolute atomic E-state index is 11.6. The van der Waals surface area contributed by atoms with E-state index in [4.69, 9.17) is 4.74 Å². The van der Waals surface area contributed by atoms with Gasteiger partial charge in [0.05, 0.1) is 0 Å². The summed E-state index contributed by atoms with van der Waals surface area (Å²) in [7, 11) is 0. The van der Waals surface area contributed by atoms with Crippen LogP contribution >= 0.6 is 0 Å². The molecule has 0 heterocycles. The molecule has 0 saturated carbocycles. The molecule has 1 aromatic carbocycles. The molecule has 0 fully saturated rings. The van der Waals surface area contributed by atoms with Crippen molar-refractivity contribution in [1.29, 1.82) is 0 Å². The van der Waals surface area contributed by atoms with Crippen molar-refractivity contribution in [2.75, 3.05) is 0 Å². The zero-order valence-corrected chi connectivity index (χ0v) is 10.1. The monoisotopic (exact) mass is 218 g/mol. The first-order valence-electron chi connectivity index (χ1n) is 5.53. The van der Waals surface area contributed by atoms with Gasteiger partial charge in [0.25, 0.3) is 0 Å². The predicted octanol–water partition coefficient (Wildman–Crippen LogP) is 3.58. The Bertz CT molecular complexity index is 364. The number of carbonyl (C=O) groups is 1. The van der Waals surface area contributed by atoms with E-state index in [1.54, 1.807) is 19.1 Å². The number of rotatable bonds is 4. The summed E-state index contributed by atoms with van der Waals surface area (Å²) in [6.07, 6.45) is 2.83. The summed E-state index contributed by atoms with van der Waals surface area (Å²) in [5.41, 5.74) is 0.664. The standard InChI is InChI=1S/C14H18O2/c1-11(2)9-10-12(3)14(15)16-13-7-5-4-6-8-13/h4-8,10-11H,9H2,1-3H3. The molecule has 0 aliphatic carbocycles. The van der Waals surface area contributed by atoms with Crippen LogP contribution in [0.25, 0.3) is 0 Å². The minimum absolute atomic E-state index is 0.271. The topological polar surface area (TPSA) is 26.3 Å². The average Bonchev–Trinajstić information content (AvgIpc) is 2.27. The molecule has 0 unspecified atom stereocenters. The van der Waals surface area contributed by atoms with Crippen molar-refractivity contribution in [3.63, 3.8) is 0 Å². The van der Waals surface area contributed by atoms with E-state index in [0.717, 1.165) is 6.42 Å². The molecule has 1 aromatic rings. The number of esters is 1. The summed E-state index contributed by atoms with van der Waals surface area (Å²) in [6.45, 7) is 6.02. The average molecular weight is 218 g/mol. The molecule has 0 aromatic heterocycles. The van der Waals surface area contributed by atoms with E-state index in [2.05, 4.69) is 13.8 Å². The molecule has 0 spiro atoms. The van der Waals surface area contributed by atoms with Crippen molar-refractivity contribution in [3.8, 4) is 5.75 Å². The Labute approximate surface area is 96.9 Å². The van der Waals surface area contributed by atoms with Gasteiger partial charge in [-0.1, -0.05) is 38.1 Å². The van der Waals surface area contributed by atoms with Crippen LogP contribution in [0.3, 0.4) is 0 Å². The summed E-state index contributed by atoms with van der Waals surface area (Å²) in [5, 5.41) is 0. The second kappa shape index (κ2) is 6.11. The van der Waals surface area contributed by atoms with Gasteiger partial charge in [0.2, 0.25) is 0 Å². The van der Waals surface area contributed by atoms with Gasteiger partial charge in [-0.2, -0.15) is 0 Å². The number of hydrogen-bond donors (Lipinski definition) is 0. The van der Waals surface area contributed by atoms with Crippen molar-refractivity contribution < 1.29 is 9.53 Å². The first-order valence-corrected chi connectivity index (χ1v) is 5.53. The number of allylic oxidation sites excluding steroid dienone is 1. The smallest absolute Gasteiger partial charge is 0.338 e. The molecular formula is C14H18O2. The van der Waals surface area contributed by atoms with Crippen molar-refractivity contribution in [2.24, 2.45) is 5.92 Å². The lowest BCUT2D eigenvalue weighted by atomic mass is 10.1. The largest absolute Gasteiger partial charge is 0.423 e. The quantitative estimate of drug-likeness (QED) is 0.438. The zero-order chi connectivity index (χ0) is 12.0. The van der Waals surface area contributed by atoms with Crippen molar-refractivity contribution in [2.45, 2.75) is 27.2 Å². The van der Waals surface area contributed by atoms with Crippen LogP contribution in [0.2, 0.25) is 0 Å². The highest BCUT2D eigenvalue weighted by atomic mass is 16.5. The summed E-state index contributed by atoms with van der Waals surface area (Å²) in [6, 6.07) is 9.12. The van der Waals surface area contributed by atoms with E-state index in [9.17, 15) is 4.79 Å². The maximum atomic E-state index is 11.6. The molecule has 16 heavy (non-hydrogen) atoms. The third kappa shape index (κ3) is 4.30. The molecule has 1 rings (SSSR count). The number of hydrogen-bond acceptors (Lipinski definition) is 2. The summed E-state index contributed by atoms with van der Waals surface area (Å²) in [5.74, 6) is 0.871. The van der Waals surface area contributed by atoms with Crippen molar-refractivity contribution >= 4 is 5.97 Å². The molecule has 2 nitrogen and oxygen atoms in total. The van der Waals surface area contributed by atoms with Gasteiger partial charge in [-0.25, -0.2) is 4.79 Å². The Morgan fingerprint density at radius 2 is 1.94 bits per heavy atom. The lowest BCUT2D eigenvalue weighted by Gasteiger charge is -2.04. The fourth-order valence-electron chi connectivity index (χ4n) is 1.17. The van der Waals surface area contributed by atoms with Gasteiger partial charge in [0.1, 0.15) is 5.75 Å². The van der Waals surface area contributed by atoms with E-state index >= 15 is 0 Å². The molecule has 0 saturated heterocycles. The molecule has 0 aliphatic rings. The van der Waals surface area contributed by atoms with E-state index in [1.165, 1.54) is 0 Å². The minimum Gasteiger partial charge on any atom is -0.423 e. The number of para-hydroxylation sites is 1. The van der Waals surface area contributed by atoms with Crippen molar-refractivity contribution in [3.05, 3.63) is 42.0 Å². The van der Waals surface area contributed by atoms with Gasteiger partial charge < -0.3 is 4.74 Å². The van der Waals surface area contributed by atoms with Crippen LogP contribution in [0.1, 0.15) is 27.2 Å². The molecule has 86 valence electrons. The van der Waals surface area contributed by atoms with Crippen molar-refractivity contribution in [1.82, 2.24) is 0 Å². The molecular weight excluding hydrogens is 200 g/mol. The third-order valence-corrected chi connectivity index (χ3v) is 2.17. The second-order valence-electron chi connectivity index (χ2n) is 4.22. The Hall–Kier alpha value is -1.57. The van der Waals surface area contributed by atoms with E-state index in [0.29, 0.717) is 17.2 Å². The van der Waals surface area contributed by atoms with E-state index < -0.39 is 0 Å². The third-order valence-electron chi connectivity index (χ3n) is 2.17. The van der Waals surface area contributed by atoms with Crippen LogP contribution in [0.4, 0.5) is 0 Å². The highest BCUT2D eigenvalue weighted by Gasteiger charge is 2.06. The summed E-state index contributed by atoms with van der Waals surface area (Å²) in [4.78, 5) is 11.6. The molecule has 0 N–H and O–H groups in total. The number of ether oxygens (including phenoxy) is 1. The first kappa shape index (κ1) is 12.5. The highest BCUT2D eigenvalue weighted by molar-refractivity contribution is 5.89. The van der Waals surface area contributed by atoms with Gasteiger partial charge in [0.15, 0.2) is 0 Å². The van der Waals surface area contributed by atoms with Gasteiger partial charge in [-0.05, 0) is 31.4 Å². The van der Waals surface area contributed by atoms with Crippen LogP contribution in [0.5, 0.6) is 5.75 Å². The Kier molecular flexibility index (Phi) is 4.77. The number of carbonyl (C=O) groups excluding carboxylic acids is 1. The predicted molar refractivity (Wildman–Crippen MR) is 65.3 cm³/mol. The summed E-state index contributed by atoms with van der Waals surface area (Å²) < 4.78 is 5.20. The second-order valence-corrected chi connectivity index (χ2v) is 4.22. The molecule has 0 atom stereocenters. The lowest BCUT2D eigenvalue weighted by Crippen LogP contribution is -2.09. The highest BCUT2D eigenvalue weighted by Crippen LogP contribution is 2.12. The van der Waals surface area contributed by atoms with Gasteiger partial charge >= 0.3 is 5.97 Å². The fourth-order valence-corrected chi connectivity index (χ4v) is 1.17. The Morgan fingerprint density at radius 1 is 1.31 bits per heavy atom.